The van der Waals surface area contributed by atoms with Gasteiger partial charge in [-0.25, -0.2) is 8.42 Å². The molecule has 0 fully saturated rings. The Balaban J connectivity index is 2.22. The molecule has 21 heavy (non-hydrogen) atoms. The van der Waals surface area contributed by atoms with Crippen LogP contribution >= 0.6 is 0 Å². The second-order valence-corrected chi connectivity index (χ2v) is 7.59. The van der Waals surface area contributed by atoms with Crippen LogP contribution in [0.4, 0.5) is 5.69 Å². The van der Waals surface area contributed by atoms with E-state index in [1.165, 1.54) is 15.9 Å². The van der Waals surface area contributed by atoms with Gasteiger partial charge in [-0.2, -0.15) is 0 Å². The highest BCUT2D eigenvalue weighted by atomic mass is 32.2. The quantitative estimate of drug-likeness (QED) is 0.644. The molecule has 0 atom stereocenters. The molecular formula is C17H15NO2S. The highest BCUT2D eigenvalue weighted by molar-refractivity contribution is 7.92. The van der Waals surface area contributed by atoms with Gasteiger partial charge in [0.2, 0.25) is 10.0 Å². The van der Waals surface area contributed by atoms with Crippen molar-refractivity contribution in [2.24, 2.45) is 0 Å². The van der Waals surface area contributed by atoms with Crippen molar-refractivity contribution < 1.29 is 8.42 Å². The average Bonchev–Trinajstić information content (AvgIpc) is 2.83. The first-order valence-corrected chi connectivity index (χ1v) is 8.73. The van der Waals surface area contributed by atoms with E-state index in [9.17, 15) is 8.42 Å². The molecule has 4 heteroatoms. The Morgan fingerprint density at radius 3 is 2.57 bits per heavy atom. The van der Waals surface area contributed by atoms with E-state index in [4.69, 9.17) is 0 Å². The van der Waals surface area contributed by atoms with Gasteiger partial charge in [0.15, 0.2) is 0 Å². The number of nitrogens with zero attached hydrogens (tertiary/aromatic N) is 1. The Morgan fingerprint density at radius 2 is 1.81 bits per heavy atom. The lowest BCUT2D eigenvalue weighted by Crippen LogP contribution is -2.26. The number of fused-ring (bicyclic) bond motifs is 2. The average molecular weight is 297 g/mol. The molecule has 0 radical (unpaired) electrons. The Bertz CT molecular complexity index is 1010. The molecule has 0 saturated carbocycles. The summed E-state index contributed by atoms with van der Waals surface area (Å²) < 4.78 is 25.8. The number of hydrogen-bond donors (Lipinski definition) is 0. The van der Waals surface area contributed by atoms with E-state index in [-0.39, 0.29) is 0 Å². The number of aryl methyl sites for hydroxylation is 1. The van der Waals surface area contributed by atoms with Crippen LogP contribution in [-0.4, -0.2) is 14.7 Å². The number of benzene rings is 3. The molecule has 0 bridgehead atoms. The largest absolute Gasteiger partial charge is 0.265 e. The fourth-order valence-corrected chi connectivity index (χ4v) is 4.28. The summed E-state index contributed by atoms with van der Waals surface area (Å²) in [7, 11) is -3.27. The molecule has 3 nitrogen and oxygen atoms in total. The predicted molar refractivity (Wildman–Crippen MR) is 87.2 cm³/mol. The highest BCUT2D eigenvalue weighted by Gasteiger charge is 2.29. The summed E-state index contributed by atoms with van der Waals surface area (Å²) in [6, 6.07) is 14.4. The molecule has 3 aromatic carbocycles. The van der Waals surface area contributed by atoms with E-state index < -0.39 is 10.0 Å². The molecule has 3 aromatic rings. The van der Waals surface area contributed by atoms with Gasteiger partial charge >= 0.3 is 0 Å². The van der Waals surface area contributed by atoms with Crippen LogP contribution in [0.2, 0.25) is 0 Å². The zero-order valence-corrected chi connectivity index (χ0v) is 12.7. The molecular weight excluding hydrogens is 282 g/mol. The first-order chi connectivity index (χ1) is 9.97. The van der Waals surface area contributed by atoms with Crippen LogP contribution in [0.15, 0.2) is 42.5 Å². The van der Waals surface area contributed by atoms with E-state index in [1.807, 2.05) is 25.1 Å². The van der Waals surface area contributed by atoms with Crippen molar-refractivity contribution in [3.63, 3.8) is 0 Å². The van der Waals surface area contributed by atoms with Gasteiger partial charge in [0.25, 0.3) is 0 Å². The van der Waals surface area contributed by atoms with Crippen LogP contribution < -0.4 is 4.31 Å². The fourth-order valence-electron chi connectivity index (χ4n) is 3.34. The normalized spacial score (nSPS) is 14.3. The number of anilines is 1. The maximum atomic E-state index is 12.1. The highest BCUT2D eigenvalue weighted by Crippen LogP contribution is 2.43. The molecule has 0 N–H and O–H groups in total. The molecule has 0 unspecified atom stereocenters. The van der Waals surface area contributed by atoms with Gasteiger partial charge < -0.3 is 0 Å². The Labute approximate surface area is 123 Å². The third-order valence-electron chi connectivity index (χ3n) is 4.25. The smallest absolute Gasteiger partial charge is 0.232 e. The van der Waals surface area contributed by atoms with Crippen LogP contribution in [0, 0.1) is 6.92 Å². The van der Waals surface area contributed by atoms with Crippen molar-refractivity contribution in [2.45, 2.75) is 13.5 Å². The Kier molecular flexibility index (Phi) is 2.40. The van der Waals surface area contributed by atoms with Gasteiger partial charge in [-0.15, -0.1) is 0 Å². The molecule has 1 aliphatic heterocycles. The molecule has 0 aromatic heterocycles. The van der Waals surface area contributed by atoms with Crippen LogP contribution in [0.25, 0.3) is 21.5 Å². The monoisotopic (exact) mass is 297 g/mol. The Hall–Kier alpha value is -2.07. The minimum atomic E-state index is -3.27. The number of hydrogen-bond acceptors (Lipinski definition) is 2. The summed E-state index contributed by atoms with van der Waals surface area (Å²) in [6.45, 7) is 2.40. The van der Waals surface area contributed by atoms with Crippen LogP contribution in [0.1, 0.15) is 11.1 Å². The van der Waals surface area contributed by atoms with Gasteiger partial charge in [-0.05, 0) is 40.3 Å². The van der Waals surface area contributed by atoms with Crippen molar-refractivity contribution in [1.29, 1.82) is 0 Å². The minimum Gasteiger partial charge on any atom is -0.265 e. The van der Waals surface area contributed by atoms with Crippen LogP contribution in [-0.2, 0) is 16.6 Å². The second kappa shape index (κ2) is 3.98. The van der Waals surface area contributed by atoms with Crippen molar-refractivity contribution >= 4 is 37.3 Å². The standard InChI is InChI=1S/C17H15NO2S/c1-11-7-8-15-14-6-4-3-5-12(14)9-13-10-18(21(2,19)20)17(11)16(13)15/h3-9H,10H2,1-2H3. The first-order valence-electron chi connectivity index (χ1n) is 6.88. The molecule has 106 valence electrons. The molecule has 1 heterocycles. The van der Waals surface area contributed by atoms with Gasteiger partial charge in [0.1, 0.15) is 0 Å². The zero-order chi connectivity index (χ0) is 14.8. The molecule has 0 saturated heterocycles. The number of sulfonamides is 1. The molecule has 4 rings (SSSR count). The van der Waals surface area contributed by atoms with Crippen LogP contribution in [0.5, 0.6) is 0 Å². The first kappa shape index (κ1) is 12.7. The number of rotatable bonds is 1. The molecule has 0 spiro atoms. The predicted octanol–water partition coefficient (Wildman–Crippen LogP) is 3.58. The van der Waals surface area contributed by atoms with E-state index in [2.05, 4.69) is 24.3 Å². The maximum Gasteiger partial charge on any atom is 0.232 e. The summed E-state index contributed by atoms with van der Waals surface area (Å²) in [5.41, 5.74) is 2.94. The van der Waals surface area contributed by atoms with Crippen molar-refractivity contribution in [2.75, 3.05) is 10.6 Å². The van der Waals surface area contributed by atoms with E-state index in [0.29, 0.717) is 6.54 Å². The van der Waals surface area contributed by atoms with E-state index >= 15 is 0 Å². The summed E-state index contributed by atoms with van der Waals surface area (Å²) in [4.78, 5) is 0. The summed E-state index contributed by atoms with van der Waals surface area (Å²) in [6.07, 6.45) is 1.27. The third kappa shape index (κ3) is 1.69. The summed E-state index contributed by atoms with van der Waals surface area (Å²) in [5.74, 6) is 0. The summed E-state index contributed by atoms with van der Waals surface area (Å²) >= 11 is 0. The fraction of sp³-hybridized carbons (Fsp3) is 0.176. The maximum absolute atomic E-state index is 12.1. The molecule has 1 aliphatic rings. The van der Waals surface area contributed by atoms with Crippen molar-refractivity contribution in [3.05, 3.63) is 53.6 Å². The minimum absolute atomic E-state index is 0.431. The SMILES string of the molecule is Cc1ccc2c3c(cc4ccccc42)CN(S(C)(=O)=O)c13. The van der Waals surface area contributed by atoms with Gasteiger partial charge in [0.05, 0.1) is 18.5 Å². The Morgan fingerprint density at radius 1 is 1.05 bits per heavy atom. The lowest BCUT2D eigenvalue weighted by Gasteiger charge is -2.18. The zero-order valence-electron chi connectivity index (χ0n) is 11.9. The topological polar surface area (TPSA) is 37.4 Å². The van der Waals surface area contributed by atoms with Crippen molar-refractivity contribution in [3.8, 4) is 0 Å². The van der Waals surface area contributed by atoms with Gasteiger partial charge in [-0.3, -0.25) is 4.31 Å². The third-order valence-corrected chi connectivity index (χ3v) is 5.36. The second-order valence-electron chi connectivity index (χ2n) is 5.68. The van der Waals surface area contributed by atoms with E-state index in [1.54, 1.807) is 0 Å². The molecule has 0 amide bonds. The van der Waals surface area contributed by atoms with Crippen molar-refractivity contribution in [1.82, 2.24) is 0 Å². The van der Waals surface area contributed by atoms with E-state index in [0.717, 1.165) is 33.0 Å². The lowest BCUT2D eigenvalue weighted by molar-refractivity contribution is 0.597. The van der Waals surface area contributed by atoms with Crippen LogP contribution in [0.3, 0.4) is 0 Å². The lowest BCUT2D eigenvalue weighted by atomic mass is 9.96. The molecule has 0 aliphatic carbocycles. The van der Waals surface area contributed by atoms with Gasteiger partial charge in [-0.1, -0.05) is 36.4 Å². The van der Waals surface area contributed by atoms with Gasteiger partial charge in [0, 0.05) is 5.39 Å². The summed E-state index contributed by atoms with van der Waals surface area (Å²) in [5, 5.41) is 4.55.